The molecule has 0 bridgehead atoms. The van der Waals surface area contributed by atoms with Crippen molar-refractivity contribution in [2.75, 3.05) is 0 Å². The summed E-state index contributed by atoms with van der Waals surface area (Å²) in [5, 5.41) is 5.58. The number of aromatic nitrogens is 1. The van der Waals surface area contributed by atoms with Crippen molar-refractivity contribution in [1.82, 2.24) is 4.98 Å². The van der Waals surface area contributed by atoms with Crippen LogP contribution in [0.25, 0.3) is 10.9 Å². The molecular formula is C13H9NSSe. The zero-order valence-electron chi connectivity index (χ0n) is 8.46. The summed E-state index contributed by atoms with van der Waals surface area (Å²) in [4.78, 5) is 4.48. The molecule has 0 saturated carbocycles. The molecule has 0 radical (unpaired) electrons. The average molecular weight is 290 g/mol. The van der Waals surface area contributed by atoms with Gasteiger partial charge >= 0.3 is 104 Å². The third-order valence-electron chi connectivity index (χ3n) is 2.30. The molecule has 0 aliphatic rings. The summed E-state index contributed by atoms with van der Waals surface area (Å²) >= 11 is 2.14. The minimum atomic E-state index is 0.386. The molecule has 3 heteroatoms. The second-order valence-electron chi connectivity index (χ2n) is 3.42. The molecule has 0 N–H and O–H groups in total. The van der Waals surface area contributed by atoms with E-state index in [-0.39, 0.29) is 0 Å². The van der Waals surface area contributed by atoms with Crippen LogP contribution < -0.4 is 8.92 Å². The number of thiophene rings is 1. The van der Waals surface area contributed by atoms with Crippen LogP contribution in [0, 0.1) is 0 Å². The first-order valence-corrected chi connectivity index (χ1v) is 7.62. The maximum absolute atomic E-state index is 4.48. The van der Waals surface area contributed by atoms with Gasteiger partial charge in [0.1, 0.15) is 0 Å². The van der Waals surface area contributed by atoms with E-state index in [2.05, 4.69) is 46.1 Å². The Hall–Kier alpha value is -1.15. The molecule has 0 unspecified atom stereocenters. The Bertz CT molecular complexity index is 604. The van der Waals surface area contributed by atoms with Crippen LogP contribution in [-0.2, 0) is 0 Å². The van der Waals surface area contributed by atoms with Crippen LogP contribution in [0.4, 0.5) is 0 Å². The van der Waals surface area contributed by atoms with E-state index in [9.17, 15) is 0 Å². The Morgan fingerprint density at radius 2 is 2.00 bits per heavy atom. The molecule has 2 heterocycles. The van der Waals surface area contributed by atoms with E-state index in [0.717, 1.165) is 5.52 Å². The van der Waals surface area contributed by atoms with E-state index in [0.29, 0.717) is 15.0 Å². The van der Waals surface area contributed by atoms with Gasteiger partial charge in [0.15, 0.2) is 0 Å². The van der Waals surface area contributed by atoms with Gasteiger partial charge in [-0.05, 0) is 0 Å². The van der Waals surface area contributed by atoms with Crippen molar-refractivity contribution in [2.24, 2.45) is 0 Å². The predicted octanol–water partition coefficient (Wildman–Crippen LogP) is 1.95. The molecule has 78 valence electrons. The van der Waals surface area contributed by atoms with Crippen molar-refractivity contribution in [2.45, 2.75) is 0 Å². The molecule has 1 aromatic carbocycles. The monoisotopic (exact) mass is 291 g/mol. The molecule has 0 saturated heterocycles. The van der Waals surface area contributed by atoms with Gasteiger partial charge < -0.3 is 0 Å². The van der Waals surface area contributed by atoms with Gasteiger partial charge in [0.2, 0.25) is 0 Å². The van der Waals surface area contributed by atoms with E-state index in [1.165, 1.54) is 14.3 Å². The molecule has 16 heavy (non-hydrogen) atoms. The summed E-state index contributed by atoms with van der Waals surface area (Å²) in [5.74, 6) is 0. The van der Waals surface area contributed by atoms with E-state index < -0.39 is 0 Å². The van der Waals surface area contributed by atoms with Gasteiger partial charge in [0.25, 0.3) is 0 Å². The number of pyridine rings is 1. The minimum absolute atomic E-state index is 0.386. The second kappa shape index (κ2) is 4.38. The van der Waals surface area contributed by atoms with E-state index in [1.807, 2.05) is 12.3 Å². The van der Waals surface area contributed by atoms with Crippen molar-refractivity contribution in [3.8, 4) is 0 Å². The molecule has 0 aliphatic carbocycles. The van der Waals surface area contributed by atoms with Crippen molar-refractivity contribution in [3.05, 3.63) is 53.4 Å². The van der Waals surface area contributed by atoms with Crippen molar-refractivity contribution in [1.29, 1.82) is 0 Å². The molecule has 0 atom stereocenters. The zero-order chi connectivity index (χ0) is 10.8. The van der Waals surface area contributed by atoms with Crippen LogP contribution in [0.5, 0.6) is 0 Å². The van der Waals surface area contributed by atoms with Crippen LogP contribution in [0.1, 0.15) is 0 Å². The first-order valence-electron chi connectivity index (χ1n) is 4.97. The molecule has 0 aliphatic heterocycles. The van der Waals surface area contributed by atoms with E-state index in [1.54, 1.807) is 11.3 Å². The number of hydrogen-bond donors (Lipinski definition) is 0. The zero-order valence-corrected chi connectivity index (χ0v) is 11.0. The van der Waals surface area contributed by atoms with E-state index in [4.69, 9.17) is 0 Å². The normalized spacial score (nSPS) is 10.8. The number of nitrogens with zero attached hydrogens (tertiary/aromatic N) is 1. The summed E-state index contributed by atoms with van der Waals surface area (Å²) in [7, 11) is 0. The maximum atomic E-state index is 4.48. The van der Waals surface area contributed by atoms with Gasteiger partial charge in [-0.15, -0.1) is 0 Å². The fourth-order valence-electron chi connectivity index (χ4n) is 1.55. The van der Waals surface area contributed by atoms with Crippen LogP contribution in [0.3, 0.4) is 0 Å². The fourth-order valence-corrected chi connectivity index (χ4v) is 4.43. The number of fused-ring (bicyclic) bond motifs is 1. The van der Waals surface area contributed by atoms with Crippen LogP contribution in [0.15, 0.2) is 53.4 Å². The van der Waals surface area contributed by atoms with Gasteiger partial charge in [0.05, 0.1) is 0 Å². The third-order valence-corrected chi connectivity index (χ3v) is 5.31. The SMILES string of the molecule is c1ccc2ncc([Se]c3ccsc3)cc2c1. The predicted molar refractivity (Wildman–Crippen MR) is 71.1 cm³/mol. The van der Waals surface area contributed by atoms with Gasteiger partial charge in [0, 0.05) is 0 Å². The number of hydrogen-bond acceptors (Lipinski definition) is 2. The second-order valence-corrected chi connectivity index (χ2v) is 6.61. The van der Waals surface area contributed by atoms with Gasteiger partial charge in [-0.2, -0.15) is 0 Å². The van der Waals surface area contributed by atoms with Crippen molar-refractivity contribution < 1.29 is 0 Å². The molecule has 0 amide bonds. The van der Waals surface area contributed by atoms with Gasteiger partial charge in [-0.1, -0.05) is 0 Å². The van der Waals surface area contributed by atoms with Crippen LogP contribution in [0.2, 0.25) is 0 Å². The molecular weight excluding hydrogens is 281 g/mol. The standard InChI is InChI=1S/C13H9NSSe/c1-2-4-13-10(3-1)7-12(8-14-13)16-11-5-6-15-9-11/h1-9H. The van der Waals surface area contributed by atoms with Gasteiger partial charge in [-0.3, -0.25) is 0 Å². The van der Waals surface area contributed by atoms with Crippen LogP contribution in [-0.4, -0.2) is 19.9 Å². The Morgan fingerprint density at radius 3 is 2.88 bits per heavy atom. The molecule has 2 aromatic heterocycles. The summed E-state index contributed by atoms with van der Waals surface area (Å²) in [5.41, 5.74) is 1.08. The fraction of sp³-hybridized carbons (Fsp3) is 0. The summed E-state index contributed by atoms with van der Waals surface area (Å²) in [6.07, 6.45) is 2.00. The summed E-state index contributed by atoms with van der Waals surface area (Å²) in [6, 6.07) is 12.7. The Labute approximate surface area is 104 Å². The molecule has 0 fully saturated rings. The van der Waals surface area contributed by atoms with Crippen molar-refractivity contribution >= 4 is 46.1 Å². The summed E-state index contributed by atoms with van der Waals surface area (Å²) in [6.45, 7) is 0. The van der Waals surface area contributed by atoms with Gasteiger partial charge in [-0.25, -0.2) is 0 Å². The average Bonchev–Trinajstić information content (AvgIpc) is 2.82. The molecule has 1 nitrogen and oxygen atoms in total. The first kappa shape index (κ1) is 10.0. The van der Waals surface area contributed by atoms with Crippen molar-refractivity contribution in [3.63, 3.8) is 0 Å². The molecule has 0 spiro atoms. The first-order chi connectivity index (χ1) is 7.92. The van der Waals surface area contributed by atoms with Crippen LogP contribution >= 0.6 is 11.3 Å². The number of para-hydroxylation sites is 1. The number of benzene rings is 1. The Balaban J connectivity index is 1.99. The van der Waals surface area contributed by atoms with E-state index >= 15 is 0 Å². The number of rotatable bonds is 2. The summed E-state index contributed by atoms with van der Waals surface area (Å²) < 4.78 is 2.76. The topological polar surface area (TPSA) is 12.9 Å². The third kappa shape index (κ3) is 2.02. The Morgan fingerprint density at radius 1 is 1.06 bits per heavy atom. The quantitative estimate of drug-likeness (QED) is 0.657. The molecule has 3 aromatic rings. The Kier molecular flexibility index (Phi) is 2.75. The molecule has 3 rings (SSSR count).